The number of hydrogen-bond acceptors (Lipinski definition) is 7. The van der Waals surface area contributed by atoms with Crippen LogP contribution in [0.4, 0.5) is 0 Å². The van der Waals surface area contributed by atoms with Crippen molar-refractivity contribution >= 4 is 35.0 Å². The number of amides is 1. The van der Waals surface area contributed by atoms with Crippen LogP contribution < -0.4 is 5.32 Å². The van der Waals surface area contributed by atoms with E-state index in [0.29, 0.717) is 5.17 Å². The quantitative estimate of drug-likeness (QED) is 0.394. The van der Waals surface area contributed by atoms with Gasteiger partial charge < -0.3 is 9.15 Å². The van der Waals surface area contributed by atoms with Crippen molar-refractivity contribution in [3.8, 4) is 11.3 Å². The second-order valence-electron chi connectivity index (χ2n) is 4.84. The number of hydrogen-bond donors (Lipinski definition) is 1. The Morgan fingerprint density at radius 3 is 2.96 bits per heavy atom. The van der Waals surface area contributed by atoms with Gasteiger partial charge in [0.15, 0.2) is 5.17 Å². The van der Waals surface area contributed by atoms with E-state index in [-0.39, 0.29) is 4.91 Å². The first-order chi connectivity index (χ1) is 12.2. The van der Waals surface area contributed by atoms with Crippen molar-refractivity contribution in [2.24, 2.45) is 10.2 Å². The van der Waals surface area contributed by atoms with E-state index in [1.165, 1.54) is 7.11 Å². The molecule has 0 aliphatic carbocycles. The second-order valence-corrected chi connectivity index (χ2v) is 5.87. The Bertz CT molecular complexity index is 885. The summed E-state index contributed by atoms with van der Waals surface area (Å²) >= 11 is 1.02. The number of furan rings is 1. The average Bonchev–Trinajstić information content (AvgIpc) is 3.26. The van der Waals surface area contributed by atoms with Gasteiger partial charge in [0, 0.05) is 11.6 Å². The smallest absolute Gasteiger partial charge is 0.331 e. The Hall–Kier alpha value is -3.13. The fraction of sp³-hybridized carbons (Fsp3) is 0.0588. The molecule has 8 heteroatoms. The van der Waals surface area contributed by atoms with Crippen LogP contribution >= 0.6 is 11.8 Å². The maximum absolute atomic E-state index is 11.7. The van der Waals surface area contributed by atoms with Gasteiger partial charge in [-0.3, -0.25) is 10.1 Å². The standard InChI is InChI=1S/C17H13N3O4S/c1-23-15(21)9-14-16(22)19-17(25-14)20-18-10-11-4-2-5-12(8-11)13-6-3-7-24-13/h2-10H,1H3,(H,19,20,22)/b14-9+,18-10?. The summed E-state index contributed by atoms with van der Waals surface area (Å²) in [4.78, 5) is 23.1. The van der Waals surface area contributed by atoms with Gasteiger partial charge in [-0.2, -0.15) is 5.10 Å². The number of ether oxygens (including phenoxy) is 1. The summed E-state index contributed by atoms with van der Waals surface area (Å²) in [5.74, 6) is -0.251. The third kappa shape index (κ3) is 4.24. The highest BCUT2D eigenvalue weighted by molar-refractivity contribution is 8.18. The van der Waals surface area contributed by atoms with Crippen molar-refractivity contribution in [3.63, 3.8) is 0 Å². The van der Waals surface area contributed by atoms with Crippen LogP contribution in [0.5, 0.6) is 0 Å². The first kappa shape index (κ1) is 16.7. The largest absolute Gasteiger partial charge is 0.466 e. The minimum absolute atomic E-state index is 0.209. The van der Waals surface area contributed by atoms with Gasteiger partial charge >= 0.3 is 5.97 Å². The number of esters is 1. The van der Waals surface area contributed by atoms with Gasteiger partial charge in [0.2, 0.25) is 0 Å². The predicted octanol–water partition coefficient (Wildman–Crippen LogP) is 2.56. The van der Waals surface area contributed by atoms with E-state index in [4.69, 9.17) is 4.42 Å². The normalized spacial score (nSPS) is 17.4. The van der Waals surface area contributed by atoms with Crippen LogP contribution in [0.2, 0.25) is 0 Å². The summed E-state index contributed by atoms with van der Waals surface area (Å²) in [6, 6.07) is 11.3. The van der Waals surface area contributed by atoms with Crippen molar-refractivity contribution in [3.05, 3.63) is 59.2 Å². The molecule has 1 aromatic carbocycles. The van der Waals surface area contributed by atoms with Gasteiger partial charge in [-0.1, -0.05) is 18.2 Å². The molecule has 0 bridgehead atoms. The van der Waals surface area contributed by atoms with Crippen molar-refractivity contribution in [2.45, 2.75) is 0 Å². The fourth-order valence-corrected chi connectivity index (χ4v) is 2.74. The molecule has 25 heavy (non-hydrogen) atoms. The van der Waals surface area contributed by atoms with Crippen LogP contribution in [0.15, 0.2) is 68.3 Å². The molecule has 1 fully saturated rings. The van der Waals surface area contributed by atoms with Crippen LogP contribution in [0.1, 0.15) is 5.56 Å². The van der Waals surface area contributed by atoms with E-state index in [1.54, 1.807) is 12.5 Å². The van der Waals surface area contributed by atoms with Gasteiger partial charge in [0.25, 0.3) is 5.91 Å². The first-order valence-corrected chi connectivity index (χ1v) is 8.01. The molecule has 3 rings (SSSR count). The minimum atomic E-state index is -0.600. The maximum atomic E-state index is 11.7. The number of rotatable bonds is 4. The first-order valence-electron chi connectivity index (χ1n) is 7.19. The number of amidine groups is 1. The SMILES string of the molecule is COC(=O)/C=C1/S/C(=N\N=Cc2cccc(-c3ccco3)c2)NC1=O. The molecule has 1 amide bonds. The number of nitrogens with zero attached hydrogens (tertiary/aromatic N) is 2. The van der Waals surface area contributed by atoms with E-state index < -0.39 is 11.9 Å². The van der Waals surface area contributed by atoms with Crippen LogP contribution in [0.25, 0.3) is 11.3 Å². The summed E-state index contributed by atoms with van der Waals surface area (Å²) < 4.78 is 9.85. The molecule has 0 radical (unpaired) electrons. The van der Waals surface area contributed by atoms with E-state index in [0.717, 1.165) is 34.7 Å². The lowest BCUT2D eigenvalue weighted by molar-refractivity contribution is -0.135. The minimum Gasteiger partial charge on any atom is -0.466 e. The third-order valence-electron chi connectivity index (χ3n) is 3.15. The zero-order valence-corrected chi connectivity index (χ0v) is 13.9. The summed E-state index contributed by atoms with van der Waals surface area (Å²) in [6.07, 6.45) is 4.29. The van der Waals surface area contributed by atoms with E-state index in [1.807, 2.05) is 36.4 Å². The molecular weight excluding hydrogens is 342 g/mol. The Morgan fingerprint density at radius 2 is 2.20 bits per heavy atom. The van der Waals surface area contributed by atoms with Gasteiger partial charge in [-0.25, -0.2) is 4.79 Å². The molecule has 0 spiro atoms. The molecule has 1 saturated heterocycles. The molecule has 1 aromatic heterocycles. The number of carbonyl (C=O) groups excluding carboxylic acids is 2. The third-order valence-corrected chi connectivity index (χ3v) is 4.05. The lowest BCUT2D eigenvalue weighted by atomic mass is 10.1. The second kappa shape index (κ2) is 7.63. The molecule has 1 aliphatic heterocycles. The van der Waals surface area contributed by atoms with E-state index >= 15 is 0 Å². The van der Waals surface area contributed by atoms with Crippen molar-refractivity contribution < 1.29 is 18.7 Å². The molecule has 126 valence electrons. The monoisotopic (exact) mass is 355 g/mol. The van der Waals surface area contributed by atoms with Crippen LogP contribution in [-0.2, 0) is 14.3 Å². The lowest BCUT2D eigenvalue weighted by Gasteiger charge is -1.98. The fourth-order valence-electron chi connectivity index (χ4n) is 2.00. The Labute approximate surface area is 147 Å². The van der Waals surface area contributed by atoms with Gasteiger partial charge in [-0.15, -0.1) is 5.10 Å². The molecule has 0 unspecified atom stereocenters. The Kier molecular flexibility index (Phi) is 5.10. The molecular formula is C17H13N3O4S. The summed E-state index contributed by atoms with van der Waals surface area (Å²) in [6.45, 7) is 0. The van der Waals surface area contributed by atoms with Gasteiger partial charge in [0.05, 0.1) is 24.5 Å². The summed E-state index contributed by atoms with van der Waals surface area (Å²) in [7, 11) is 1.24. The van der Waals surface area contributed by atoms with Gasteiger partial charge in [0.1, 0.15) is 5.76 Å². The van der Waals surface area contributed by atoms with E-state index in [9.17, 15) is 9.59 Å². The lowest BCUT2D eigenvalue weighted by Crippen LogP contribution is -2.19. The van der Waals surface area contributed by atoms with Crippen molar-refractivity contribution in [2.75, 3.05) is 7.11 Å². The van der Waals surface area contributed by atoms with E-state index in [2.05, 4.69) is 20.3 Å². The van der Waals surface area contributed by atoms with Gasteiger partial charge in [-0.05, 0) is 35.5 Å². The predicted molar refractivity (Wildman–Crippen MR) is 95.0 cm³/mol. The molecule has 2 aromatic rings. The molecule has 7 nitrogen and oxygen atoms in total. The number of methoxy groups -OCH3 is 1. The number of nitrogens with one attached hydrogen (secondary N) is 1. The molecule has 0 atom stereocenters. The maximum Gasteiger partial charge on any atom is 0.331 e. The Balaban J connectivity index is 1.70. The summed E-state index contributed by atoms with van der Waals surface area (Å²) in [5, 5.41) is 10.7. The highest BCUT2D eigenvalue weighted by atomic mass is 32.2. The topological polar surface area (TPSA) is 93.3 Å². The highest BCUT2D eigenvalue weighted by Crippen LogP contribution is 2.23. The van der Waals surface area contributed by atoms with Crippen LogP contribution in [-0.4, -0.2) is 30.4 Å². The van der Waals surface area contributed by atoms with Crippen LogP contribution in [0.3, 0.4) is 0 Å². The van der Waals surface area contributed by atoms with Crippen molar-refractivity contribution in [1.82, 2.24) is 5.32 Å². The molecule has 2 heterocycles. The molecule has 1 N–H and O–H groups in total. The zero-order chi connectivity index (χ0) is 17.6. The van der Waals surface area contributed by atoms with Crippen molar-refractivity contribution in [1.29, 1.82) is 0 Å². The average molecular weight is 355 g/mol. The summed E-state index contributed by atoms with van der Waals surface area (Å²) in [5.41, 5.74) is 1.76. The molecule has 0 saturated carbocycles. The highest BCUT2D eigenvalue weighted by Gasteiger charge is 2.24. The number of benzene rings is 1. The Morgan fingerprint density at radius 1 is 1.32 bits per heavy atom. The zero-order valence-electron chi connectivity index (χ0n) is 13.1. The molecule has 1 aliphatic rings. The number of carbonyl (C=O) groups is 2. The number of thioether (sulfide) groups is 1. The van der Waals surface area contributed by atoms with Crippen LogP contribution in [0, 0.1) is 0 Å².